The second-order valence-electron chi connectivity index (χ2n) is 9.40. The van der Waals surface area contributed by atoms with Gasteiger partial charge in [0.1, 0.15) is 0 Å². The number of fused-ring (bicyclic) bond motifs is 1. The molecule has 5 rings (SSSR count). The van der Waals surface area contributed by atoms with E-state index in [1.807, 2.05) is 28.0 Å². The number of nitrogens with one attached hydrogen (secondary N) is 1. The lowest BCUT2D eigenvalue weighted by Crippen LogP contribution is -2.49. The molecule has 2 fully saturated rings. The Morgan fingerprint density at radius 3 is 2.47 bits per heavy atom. The highest BCUT2D eigenvalue weighted by Crippen LogP contribution is 2.29. The van der Waals surface area contributed by atoms with Crippen LogP contribution in [0.4, 0.5) is 5.69 Å². The van der Waals surface area contributed by atoms with Gasteiger partial charge in [-0.2, -0.15) is 5.10 Å². The van der Waals surface area contributed by atoms with Crippen LogP contribution in [0.1, 0.15) is 60.3 Å². The zero-order valence-corrected chi connectivity index (χ0v) is 18.8. The van der Waals surface area contributed by atoms with Crippen LogP contribution in [0, 0.1) is 5.92 Å². The lowest BCUT2D eigenvalue weighted by atomic mass is 10.00. The number of amides is 2. The number of carbonyl (C=O) groups excluding carboxylic acids is 2. The van der Waals surface area contributed by atoms with Gasteiger partial charge < -0.3 is 14.7 Å². The van der Waals surface area contributed by atoms with Crippen molar-refractivity contribution in [1.29, 1.82) is 0 Å². The fraction of sp³-hybridized carbons (Fsp3) is 0.560. The summed E-state index contributed by atoms with van der Waals surface area (Å²) in [7, 11) is 0. The number of H-pyrrole nitrogens is 1. The average molecular weight is 436 g/mol. The number of nitrogens with zero attached hydrogens (tertiary/aromatic N) is 4. The number of hydrogen-bond acceptors (Lipinski definition) is 4. The van der Waals surface area contributed by atoms with Gasteiger partial charge in [0.2, 0.25) is 5.91 Å². The Kier molecular flexibility index (Phi) is 6.14. The number of piperazine rings is 1. The molecule has 1 N–H and O–H groups in total. The Balaban J connectivity index is 1.19. The van der Waals surface area contributed by atoms with Crippen molar-refractivity contribution in [3.8, 4) is 0 Å². The molecule has 3 heterocycles. The first-order valence-corrected chi connectivity index (χ1v) is 12.1. The monoisotopic (exact) mass is 435 g/mol. The maximum absolute atomic E-state index is 13.3. The first-order chi connectivity index (χ1) is 15.7. The number of anilines is 1. The van der Waals surface area contributed by atoms with Crippen LogP contribution in [0.15, 0.2) is 30.3 Å². The Morgan fingerprint density at radius 1 is 0.969 bits per heavy atom. The van der Waals surface area contributed by atoms with Crippen molar-refractivity contribution in [3.05, 3.63) is 47.3 Å². The van der Waals surface area contributed by atoms with E-state index in [0.29, 0.717) is 38.3 Å². The second-order valence-corrected chi connectivity index (χ2v) is 9.40. The quantitative estimate of drug-likeness (QED) is 0.783. The maximum atomic E-state index is 13.3. The first-order valence-electron chi connectivity index (χ1n) is 12.1. The number of aromatic amines is 1. The summed E-state index contributed by atoms with van der Waals surface area (Å²) in [5.74, 6) is 0.925. The van der Waals surface area contributed by atoms with E-state index in [-0.39, 0.29) is 11.8 Å². The van der Waals surface area contributed by atoms with E-state index in [1.54, 1.807) is 0 Å². The zero-order valence-electron chi connectivity index (χ0n) is 18.8. The molecule has 1 saturated carbocycles. The highest BCUT2D eigenvalue weighted by Gasteiger charge is 2.31. The predicted octanol–water partition coefficient (Wildman–Crippen LogP) is 3.23. The van der Waals surface area contributed by atoms with Gasteiger partial charge in [-0.3, -0.25) is 14.7 Å². The molecule has 32 heavy (non-hydrogen) atoms. The van der Waals surface area contributed by atoms with Crippen LogP contribution in [0.2, 0.25) is 0 Å². The number of aromatic nitrogens is 2. The van der Waals surface area contributed by atoms with Crippen molar-refractivity contribution in [2.24, 2.45) is 5.92 Å². The molecule has 1 aromatic carbocycles. The Morgan fingerprint density at radius 2 is 1.72 bits per heavy atom. The fourth-order valence-corrected chi connectivity index (χ4v) is 5.43. The molecule has 170 valence electrons. The number of carbonyl (C=O) groups is 2. The van der Waals surface area contributed by atoms with E-state index in [9.17, 15) is 9.59 Å². The number of rotatable bonds is 5. The second kappa shape index (κ2) is 9.35. The van der Waals surface area contributed by atoms with E-state index in [4.69, 9.17) is 0 Å². The first kappa shape index (κ1) is 21.0. The predicted molar refractivity (Wildman–Crippen MR) is 123 cm³/mol. The summed E-state index contributed by atoms with van der Waals surface area (Å²) in [5, 5.41) is 7.46. The molecule has 3 aliphatic rings. The Labute approximate surface area is 189 Å². The summed E-state index contributed by atoms with van der Waals surface area (Å²) in [5.41, 5.74) is 3.63. The SMILES string of the molecule is O=C(CCC1CCCC1)N1CCc2[nH]nc(C(=O)N3CCN(c4ccccc4)CC3)c2C1. The van der Waals surface area contributed by atoms with Crippen LogP contribution in [-0.4, -0.2) is 64.5 Å². The molecule has 1 saturated heterocycles. The van der Waals surface area contributed by atoms with Crippen molar-refractivity contribution in [2.45, 2.75) is 51.5 Å². The smallest absolute Gasteiger partial charge is 0.274 e. The van der Waals surface area contributed by atoms with Gasteiger partial charge in [0.15, 0.2) is 5.69 Å². The van der Waals surface area contributed by atoms with Crippen LogP contribution in [0.3, 0.4) is 0 Å². The minimum absolute atomic E-state index is 0.0181. The molecule has 0 radical (unpaired) electrons. The van der Waals surface area contributed by atoms with Gasteiger partial charge in [0.25, 0.3) is 5.91 Å². The molecule has 2 aromatic rings. The van der Waals surface area contributed by atoms with Crippen LogP contribution in [0.25, 0.3) is 0 Å². The van der Waals surface area contributed by atoms with Crippen LogP contribution in [0.5, 0.6) is 0 Å². The minimum atomic E-state index is -0.0181. The number of para-hydroxylation sites is 1. The third kappa shape index (κ3) is 4.38. The highest BCUT2D eigenvalue weighted by atomic mass is 16.2. The number of hydrogen-bond donors (Lipinski definition) is 1. The minimum Gasteiger partial charge on any atom is -0.368 e. The van der Waals surface area contributed by atoms with Crippen molar-refractivity contribution in [2.75, 3.05) is 37.6 Å². The van der Waals surface area contributed by atoms with Crippen molar-refractivity contribution >= 4 is 17.5 Å². The topological polar surface area (TPSA) is 72.5 Å². The molecule has 1 aliphatic carbocycles. The average Bonchev–Trinajstić information content (AvgIpc) is 3.52. The molecule has 0 bridgehead atoms. The highest BCUT2D eigenvalue weighted by molar-refractivity contribution is 5.94. The molecular formula is C25H33N5O2. The van der Waals surface area contributed by atoms with Gasteiger partial charge in [0, 0.05) is 69.1 Å². The lowest BCUT2D eigenvalue weighted by Gasteiger charge is -2.36. The zero-order chi connectivity index (χ0) is 21.9. The third-order valence-electron chi connectivity index (χ3n) is 7.42. The maximum Gasteiger partial charge on any atom is 0.274 e. The van der Waals surface area contributed by atoms with Crippen LogP contribution < -0.4 is 4.90 Å². The van der Waals surface area contributed by atoms with E-state index in [1.165, 1.54) is 31.4 Å². The summed E-state index contributed by atoms with van der Waals surface area (Å²) >= 11 is 0. The van der Waals surface area contributed by atoms with Gasteiger partial charge in [0.05, 0.1) is 0 Å². The summed E-state index contributed by atoms with van der Waals surface area (Å²) in [4.78, 5) is 32.2. The van der Waals surface area contributed by atoms with E-state index in [2.05, 4.69) is 27.2 Å². The summed E-state index contributed by atoms with van der Waals surface area (Å²) < 4.78 is 0. The summed E-state index contributed by atoms with van der Waals surface area (Å²) in [6, 6.07) is 10.3. The normalized spacial score (nSPS) is 19.3. The molecule has 2 amide bonds. The standard InChI is InChI=1S/C25H33N5O2/c31-23(11-10-19-6-4-5-7-19)30-13-12-22-21(18-30)24(27-26-22)25(32)29-16-14-28(15-17-29)20-8-2-1-3-9-20/h1-3,8-9,19H,4-7,10-18H2,(H,26,27). The van der Waals surface area contributed by atoms with Crippen molar-refractivity contribution in [3.63, 3.8) is 0 Å². The van der Waals surface area contributed by atoms with Gasteiger partial charge in [-0.15, -0.1) is 0 Å². The molecule has 7 nitrogen and oxygen atoms in total. The molecular weight excluding hydrogens is 402 g/mol. The molecule has 2 aliphatic heterocycles. The van der Waals surface area contributed by atoms with Gasteiger partial charge in [-0.05, 0) is 24.5 Å². The Hall–Kier alpha value is -2.83. The summed E-state index contributed by atoms with van der Waals surface area (Å²) in [6.45, 7) is 4.20. The third-order valence-corrected chi connectivity index (χ3v) is 7.42. The van der Waals surface area contributed by atoms with Crippen molar-refractivity contribution < 1.29 is 9.59 Å². The Bertz CT molecular complexity index is 942. The molecule has 1 aromatic heterocycles. The fourth-order valence-electron chi connectivity index (χ4n) is 5.43. The molecule has 0 atom stereocenters. The summed E-state index contributed by atoms with van der Waals surface area (Å²) in [6.07, 6.45) is 7.54. The molecule has 0 unspecified atom stereocenters. The van der Waals surface area contributed by atoms with E-state index in [0.717, 1.165) is 43.1 Å². The van der Waals surface area contributed by atoms with Gasteiger partial charge in [-0.25, -0.2) is 0 Å². The largest absolute Gasteiger partial charge is 0.368 e. The van der Waals surface area contributed by atoms with Gasteiger partial charge >= 0.3 is 0 Å². The van der Waals surface area contributed by atoms with E-state index < -0.39 is 0 Å². The molecule has 0 spiro atoms. The van der Waals surface area contributed by atoms with Crippen LogP contribution >= 0.6 is 0 Å². The van der Waals surface area contributed by atoms with Crippen molar-refractivity contribution in [1.82, 2.24) is 20.0 Å². The van der Waals surface area contributed by atoms with E-state index >= 15 is 0 Å². The van der Waals surface area contributed by atoms with Crippen LogP contribution in [-0.2, 0) is 17.8 Å². The number of benzene rings is 1. The lowest BCUT2D eigenvalue weighted by molar-refractivity contribution is -0.132. The molecule has 7 heteroatoms. The van der Waals surface area contributed by atoms with Gasteiger partial charge in [-0.1, -0.05) is 43.9 Å².